The van der Waals surface area contributed by atoms with E-state index >= 15 is 0 Å². The van der Waals surface area contributed by atoms with Gasteiger partial charge in [-0.15, -0.1) is 0 Å². The number of phosphoric ester groups is 3. The predicted molar refractivity (Wildman–Crippen MR) is 222 cm³/mol. The summed E-state index contributed by atoms with van der Waals surface area (Å²) in [6, 6.07) is 0. The normalized spacial score (nSPS) is 20.9. The zero-order chi connectivity index (χ0) is 45.3. The summed E-state index contributed by atoms with van der Waals surface area (Å²) in [4.78, 5) is 75.9. The molecule has 0 aromatic carbocycles. The van der Waals surface area contributed by atoms with Crippen molar-refractivity contribution in [2.75, 3.05) is 44.3 Å². The first kappa shape index (κ1) is 53.2. The van der Waals surface area contributed by atoms with Gasteiger partial charge in [-0.1, -0.05) is 90.5 Å². The summed E-state index contributed by atoms with van der Waals surface area (Å²) < 4.78 is 65.6. The molecule has 3 rings (SSSR count). The third-order valence-corrected chi connectivity index (χ3v) is 13.3. The van der Waals surface area contributed by atoms with Crippen LogP contribution in [0.3, 0.4) is 0 Å². The predicted octanol–water partition coefficient (Wildman–Crippen LogP) is 2.56. The van der Waals surface area contributed by atoms with Gasteiger partial charge in [-0.3, -0.25) is 32.4 Å². The molecular formula is C33H61N8O16P3S. The highest BCUT2D eigenvalue weighted by Crippen LogP contribution is 2.61. The molecule has 2 amide bonds. The van der Waals surface area contributed by atoms with Crippen LogP contribution in [0.1, 0.15) is 97.6 Å². The van der Waals surface area contributed by atoms with Gasteiger partial charge in [-0.25, -0.2) is 28.6 Å². The number of nitrogens with two attached hydrogens (primary N) is 1. The van der Waals surface area contributed by atoms with Crippen LogP contribution in [-0.4, -0.2) is 124 Å². The quantitative estimate of drug-likeness (QED) is 0.0295. The van der Waals surface area contributed by atoms with E-state index in [2.05, 4.69) is 46.1 Å². The Morgan fingerprint density at radius 1 is 0.934 bits per heavy atom. The molecule has 2 unspecified atom stereocenters. The summed E-state index contributed by atoms with van der Waals surface area (Å²) in [7, 11) is -16.3. The van der Waals surface area contributed by atoms with E-state index in [1.54, 1.807) is 0 Å². The maximum absolute atomic E-state index is 12.7. The number of hydrogen-bond donors (Lipinski definition) is 10. The number of nitrogens with zero attached hydrogens (tertiary/aromatic N) is 4. The highest BCUT2D eigenvalue weighted by molar-refractivity contribution is 7.97. The lowest BCUT2D eigenvalue weighted by Crippen LogP contribution is -2.46. The van der Waals surface area contributed by atoms with Crippen molar-refractivity contribution in [3.05, 3.63) is 12.7 Å². The van der Waals surface area contributed by atoms with Crippen molar-refractivity contribution in [3.8, 4) is 0 Å². The molecular weight excluding hydrogens is 889 g/mol. The third-order valence-electron chi connectivity index (χ3n) is 9.34. The first-order chi connectivity index (χ1) is 28.7. The second-order valence-electron chi connectivity index (χ2n) is 15.0. The largest absolute Gasteiger partial charge is 0.481 e. The van der Waals surface area contributed by atoms with Crippen molar-refractivity contribution in [2.45, 2.75) is 122 Å². The van der Waals surface area contributed by atoms with Crippen LogP contribution in [0.4, 0.5) is 5.82 Å². The van der Waals surface area contributed by atoms with E-state index in [4.69, 9.17) is 19.5 Å². The zero-order valence-corrected chi connectivity index (χ0v) is 37.9. The molecule has 2 aromatic rings. The van der Waals surface area contributed by atoms with E-state index in [0.717, 1.165) is 30.2 Å². The van der Waals surface area contributed by atoms with Gasteiger partial charge in [0.2, 0.25) is 11.8 Å². The van der Waals surface area contributed by atoms with Gasteiger partial charge >= 0.3 is 23.5 Å². The van der Waals surface area contributed by atoms with Gasteiger partial charge in [0.05, 0.1) is 19.5 Å². The fourth-order valence-corrected chi connectivity index (χ4v) is 9.48. The van der Waals surface area contributed by atoms with Crippen molar-refractivity contribution >= 4 is 64.2 Å². The second kappa shape index (κ2) is 25.4. The number of aromatic nitrogens is 4. The molecule has 0 bridgehead atoms. The fraction of sp³-hybridized carbons (Fsp3) is 0.788. The van der Waals surface area contributed by atoms with Gasteiger partial charge in [-0.05, 0) is 6.42 Å². The number of aliphatic hydroxyl groups excluding tert-OH is 2. The fourth-order valence-electron chi connectivity index (χ4n) is 6.01. The third kappa shape index (κ3) is 18.8. The summed E-state index contributed by atoms with van der Waals surface area (Å²) in [6.07, 6.45) is 5.94. The number of amides is 2. The maximum Gasteiger partial charge on any atom is 0.481 e. The van der Waals surface area contributed by atoms with Crippen molar-refractivity contribution in [1.82, 2.24) is 34.9 Å². The number of imidazole rings is 1. The van der Waals surface area contributed by atoms with Gasteiger partial charge < -0.3 is 50.9 Å². The van der Waals surface area contributed by atoms with Crippen LogP contribution < -0.4 is 21.1 Å². The molecule has 61 heavy (non-hydrogen) atoms. The minimum Gasteiger partial charge on any atom is -0.386 e. The van der Waals surface area contributed by atoms with Gasteiger partial charge in [-0.2, -0.15) is 4.31 Å². The molecule has 7 atom stereocenters. The summed E-state index contributed by atoms with van der Waals surface area (Å²) in [5, 5.41) is 26.7. The summed E-state index contributed by atoms with van der Waals surface area (Å²) in [5.74, 6) is -0.643. The molecule has 1 aliphatic rings. The number of nitrogen functional groups attached to an aromatic ring is 1. The van der Waals surface area contributed by atoms with Crippen molar-refractivity contribution < 1.29 is 75.7 Å². The van der Waals surface area contributed by atoms with E-state index in [1.807, 2.05) is 0 Å². The maximum atomic E-state index is 12.7. The Morgan fingerprint density at radius 2 is 1.57 bits per heavy atom. The summed E-state index contributed by atoms with van der Waals surface area (Å²) in [6.45, 7) is 3.98. The minimum absolute atomic E-state index is 0.0337. The lowest BCUT2D eigenvalue weighted by atomic mass is 9.87. The van der Waals surface area contributed by atoms with Crippen LogP contribution in [0.25, 0.3) is 11.2 Å². The van der Waals surface area contributed by atoms with Gasteiger partial charge in [0.25, 0.3) is 0 Å². The number of hydrogen-bond acceptors (Lipinski definition) is 18. The van der Waals surface area contributed by atoms with Crippen LogP contribution in [0, 0.1) is 5.41 Å². The SMILES string of the molecule is CCCCCCCCCCCCNSCCNC(=O)CCNC(=O)[C@H](O)C(C)(C)COP(=O)(O)OP(=O)(O)OC[C@H]1O[C@@H](n2cnc3c(N)ncnc32)[C@H](O)[C@@H]1OP(=O)(O)O. The zero-order valence-electron chi connectivity index (χ0n) is 34.4. The number of nitrogens with one attached hydrogen (secondary N) is 3. The average molecular weight is 951 g/mol. The minimum atomic E-state index is -5.55. The first-order valence-electron chi connectivity index (χ1n) is 19.9. The Hall–Kier alpha value is -2.15. The second-order valence-corrected chi connectivity index (χ2v) is 20.2. The summed E-state index contributed by atoms with van der Waals surface area (Å²) >= 11 is 1.52. The van der Waals surface area contributed by atoms with E-state index in [-0.39, 0.29) is 35.9 Å². The van der Waals surface area contributed by atoms with Gasteiger partial charge in [0, 0.05) is 37.2 Å². The summed E-state index contributed by atoms with van der Waals surface area (Å²) in [5.41, 5.74) is 4.33. The molecule has 1 aliphatic heterocycles. The number of anilines is 1. The molecule has 1 saturated heterocycles. The molecule has 11 N–H and O–H groups in total. The van der Waals surface area contributed by atoms with E-state index in [0.29, 0.717) is 12.3 Å². The van der Waals surface area contributed by atoms with E-state index < -0.39 is 78.6 Å². The van der Waals surface area contributed by atoms with Crippen molar-refractivity contribution in [1.29, 1.82) is 0 Å². The van der Waals surface area contributed by atoms with Crippen LogP contribution >= 0.6 is 35.4 Å². The number of carbonyl (C=O) groups is 2. The average Bonchev–Trinajstić information content (AvgIpc) is 3.74. The number of unbranched alkanes of at least 4 members (excludes halogenated alkanes) is 9. The molecule has 2 aromatic heterocycles. The molecule has 28 heteroatoms. The Kier molecular flexibility index (Phi) is 22.1. The number of ether oxygens (including phenoxy) is 1. The molecule has 0 radical (unpaired) electrons. The molecule has 0 spiro atoms. The van der Waals surface area contributed by atoms with E-state index in [1.165, 1.54) is 83.6 Å². The lowest BCUT2D eigenvalue weighted by Gasteiger charge is -2.30. The molecule has 24 nitrogen and oxygen atoms in total. The number of fused-ring (bicyclic) bond motifs is 1. The van der Waals surface area contributed by atoms with Crippen LogP contribution in [0.2, 0.25) is 0 Å². The Balaban J connectivity index is 1.36. The molecule has 1 fully saturated rings. The number of rotatable bonds is 31. The molecule has 0 aliphatic carbocycles. The highest BCUT2D eigenvalue weighted by atomic mass is 32.2. The highest BCUT2D eigenvalue weighted by Gasteiger charge is 2.50. The Labute approximate surface area is 358 Å². The Bertz CT molecular complexity index is 1830. The van der Waals surface area contributed by atoms with Gasteiger partial charge in [0.1, 0.15) is 36.3 Å². The molecule has 350 valence electrons. The lowest BCUT2D eigenvalue weighted by molar-refractivity contribution is -0.137. The van der Waals surface area contributed by atoms with E-state index in [9.17, 15) is 53.1 Å². The molecule has 0 saturated carbocycles. The monoisotopic (exact) mass is 950 g/mol. The Morgan fingerprint density at radius 3 is 2.23 bits per heavy atom. The standard InChI is InChI=1S/C33H61N8O16P3S/c1-4-5-6-7-8-9-10-11-12-13-15-40-61-18-17-35-24(42)14-16-36-31(45)28(44)33(2,3)20-54-60(51,52)57-59(49,50)53-19-23-27(56-58(46,47)48)26(43)32(55-23)41-22-39-25-29(34)37-21-38-30(25)41/h21-23,26-28,32,40,43-44H,4-20H2,1-3H3,(H,35,42)(H,36,45)(H,49,50)(H,51,52)(H2,34,37,38)(H2,46,47,48)/t23-,26-,27-,28+,32-/m1/s1. The first-order valence-corrected chi connectivity index (χ1v) is 25.4. The van der Waals surface area contributed by atoms with Crippen molar-refractivity contribution in [2.24, 2.45) is 5.41 Å². The number of carbonyl (C=O) groups excluding carboxylic acids is 2. The topological polar surface area (TPSA) is 359 Å². The number of aliphatic hydroxyl groups is 2. The van der Waals surface area contributed by atoms with Crippen LogP contribution in [-0.2, 0) is 45.9 Å². The van der Waals surface area contributed by atoms with Crippen molar-refractivity contribution in [3.63, 3.8) is 0 Å². The van der Waals surface area contributed by atoms with Crippen LogP contribution in [0.15, 0.2) is 12.7 Å². The number of phosphoric acid groups is 3. The van der Waals surface area contributed by atoms with Crippen LogP contribution in [0.5, 0.6) is 0 Å². The van der Waals surface area contributed by atoms with Gasteiger partial charge in [0.15, 0.2) is 17.7 Å². The molecule has 3 heterocycles. The smallest absolute Gasteiger partial charge is 0.386 e.